The second kappa shape index (κ2) is 13.5. The molecule has 0 bridgehead atoms. The number of hydrogen-bond donors (Lipinski definition) is 3. The van der Waals surface area contributed by atoms with Crippen LogP contribution in [0.2, 0.25) is 9.02 Å². The first-order valence-corrected chi connectivity index (χ1v) is 14.3. The van der Waals surface area contributed by atoms with Gasteiger partial charge in [0.1, 0.15) is 0 Å². The first-order valence-electron chi connectivity index (χ1n) is 6.98. The van der Waals surface area contributed by atoms with Gasteiger partial charge in [-0.3, -0.25) is 0 Å². The van der Waals surface area contributed by atoms with Crippen LogP contribution in [0.25, 0.3) is 0 Å². The maximum atomic E-state index is 7.87. The molecule has 2 N–H and O–H groups in total. The minimum atomic E-state index is -3.11. The molecular formula is C12H29O2PS2Zn. The zero-order chi connectivity index (χ0) is 14.6. The van der Waals surface area contributed by atoms with Crippen molar-refractivity contribution in [2.24, 2.45) is 0 Å². The van der Waals surface area contributed by atoms with E-state index < -0.39 is 5.69 Å². The van der Waals surface area contributed by atoms with Gasteiger partial charge in [-0.1, -0.05) is 12.2 Å². The molecule has 0 fully saturated rings. The Bertz CT molecular complexity index is 204. The quantitative estimate of drug-likeness (QED) is 0.315. The SMILES string of the molecule is CCCC[CH](C)[Zn][CH](C)CCCC.OP(O)(=S)S. The average molecular weight is 366 g/mol. The van der Waals surface area contributed by atoms with Gasteiger partial charge in [0.05, 0.1) is 0 Å². The van der Waals surface area contributed by atoms with Crippen molar-refractivity contribution in [2.75, 3.05) is 0 Å². The average Bonchev–Trinajstić information content (AvgIpc) is 2.21. The van der Waals surface area contributed by atoms with Crippen molar-refractivity contribution in [2.45, 2.75) is 75.2 Å². The summed E-state index contributed by atoms with van der Waals surface area (Å²) in [6, 6.07) is 0. The second-order valence-corrected chi connectivity index (χ2v) is 17.1. The Morgan fingerprint density at radius 2 is 1.33 bits per heavy atom. The van der Waals surface area contributed by atoms with Gasteiger partial charge in [-0.25, -0.2) is 0 Å². The molecule has 0 aliphatic rings. The fourth-order valence-corrected chi connectivity index (χ4v) is 7.11. The molecule has 0 aromatic carbocycles. The van der Waals surface area contributed by atoms with Gasteiger partial charge >= 0.3 is 92.4 Å². The van der Waals surface area contributed by atoms with Gasteiger partial charge in [0.15, 0.2) is 0 Å². The van der Waals surface area contributed by atoms with E-state index in [-0.39, 0.29) is 17.1 Å². The summed E-state index contributed by atoms with van der Waals surface area (Å²) in [5, 5.41) is 0. The van der Waals surface area contributed by atoms with E-state index in [1.165, 1.54) is 38.5 Å². The normalized spacial score (nSPS) is 14.2. The number of thiol groups is 1. The van der Waals surface area contributed by atoms with Gasteiger partial charge in [0.2, 0.25) is 5.69 Å². The standard InChI is InChI=1S/2C6H13.H3O2PS2.Zn/c2*1-3-5-6-4-2;1-3(2,4)5;/h2*3H,4-6H2,1-2H3;(H3,1,2,4,5);. The van der Waals surface area contributed by atoms with Crippen LogP contribution in [0.1, 0.15) is 66.2 Å². The molecular weight excluding hydrogens is 337 g/mol. The van der Waals surface area contributed by atoms with E-state index in [0.717, 1.165) is 9.02 Å². The molecule has 108 valence electrons. The molecule has 2 atom stereocenters. The summed E-state index contributed by atoms with van der Waals surface area (Å²) in [4.78, 5) is 15.7. The molecule has 0 heterocycles. The largest absolute Gasteiger partial charge is 0.338 e. The molecule has 0 amide bonds. The van der Waals surface area contributed by atoms with E-state index in [1.807, 2.05) is 0 Å². The van der Waals surface area contributed by atoms with Crippen LogP contribution in [0.3, 0.4) is 0 Å². The van der Waals surface area contributed by atoms with Crippen LogP contribution in [-0.2, 0) is 28.9 Å². The summed E-state index contributed by atoms with van der Waals surface area (Å²) in [5.74, 6) is 0. The molecule has 0 aromatic heterocycles. The maximum Gasteiger partial charge on any atom is 0.239 e. The van der Waals surface area contributed by atoms with Gasteiger partial charge < -0.3 is 9.79 Å². The summed E-state index contributed by atoms with van der Waals surface area (Å²) in [5.41, 5.74) is -3.11. The summed E-state index contributed by atoms with van der Waals surface area (Å²) in [6.07, 6.45) is 8.74. The van der Waals surface area contributed by atoms with E-state index in [1.54, 1.807) is 0 Å². The van der Waals surface area contributed by atoms with Crippen LogP contribution in [0.5, 0.6) is 0 Å². The Labute approximate surface area is 131 Å². The van der Waals surface area contributed by atoms with E-state index in [2.05, 4.69) is 51.8 Å². The van der Waals surface area contributed by atoms with E-state index in [0.29, 0.717) is 0 Å². The summed E-state index contributed by atoms with van der Waals surface area (Å²) in [7, 11) is 0. The molecule has 0 aliphatic carbocycles. The third-order valence-corrected chi connectivity index (χ3v) is 8.00. The number of unbranched alkanes of at least 4 members (excludes halogenated alkanes) is 2. The van der Waals surface area contributed by atoms with Crippen molar-refractivity contribution in [1.29, 1.82) is 0 Å². The number of hydrogen-bond acceptors (Lipinski definition) is 1. The predicted molar refractivity (Wildman–Crippen MR) is 85.6 cm³/mol. The molecule has 2 unspecified atom stereocenters. The van der Waals surface area contributed by atoms with Crippen molar-refractivity contribution in [1.82, 2.24) is 0 Å². The third-order valence-electron chi connectivity index (χ3n) is 2.91. The molecule has 0 aliphatic heterocycles. The van der Waals surface area contributed by atoms with Crippen LogP contribution in [0.15, 0.2) is 0 Å². The zero-order valence-corrected chi connectivity index (χ0v) is 17.9. The van der Waals surface area contributed by atoms with Gasteiger partial charge in [0.25, 0.3) is 0 Å². The van der Waals surface area contributed by atoms with Crippen molar-refractivity contribution in [3.05, 3.63) is 0 Å². The van der Waals surface area contributed by atoms with E-state index in [9.17, 15) is 0 Å². The molecule has 0 aromatic rings. The predicted octanol–water partition coefficient (Wildman–Crippen LogP) is 5.19. The molecule has 18 heavy (non-hydrogen) atoms. The third kappa shape index (κ3) is 26.2. The van der Waals surface area contributed by atoms with Crippen molar-refractivity contribution >= 4 is 29.7 Å². The van der Waals surface area contributed by atoms with Crippen LogP contribution in [-0.4, -0.2) is 9.79 Å². The fourth-order valence-electron chi connectivity index (χ4n) is 2.03. The molecule has 0 spiro atoms. The van der Waals surface area contributed by atoms with Gasteiger partial charge in [-0.05, 0) is 11.8 Å². The van der Waals surface area contributed by atoms with Crippen molar-refractivity contribution in [3.63, 3.8) is 0 Å². The Balaban J connectivity index is 0. The van der Waals surface area contributed by atoms with Crippen LogP contribution >= 0.6 is 17.9 Å². The molecule has 0 saturated heterocycles. The molecule has 0 saturated carbocycles. The monoisotopic (exact) mass is 364 g/mol. The van der Waals surface area contributed by atoms with Crippen molar-refractivity contribution in [3.8, 4) is 0 Å². The molecule has 0 radical (unpaired) electrons. The van der Waals surface area contributed by atoms with Crippen molar-refractivity contribution < 1.29 is 26.9 Å². The fraction of sp³-hybridized carbons (Fsp3) is 1.00. The Kier molecular flexibility index (Phi) is 16.4. The van der Waals surface area contributed by atoms with Crippen LogP contribution < -0.4 is 0 Å². The zero-order valence-electron chi connectivity index (χ0n) is 12.3. The van der Waals surface area contributed by atoms with Gasteiger partial charge in [-0.2, -0.15) is 0 Å². The van der Waals surface area contributed by atoms with E-state index in [4.69, 9.17) is 9.79 Å². The minimum Gasteiger partial charge on any atom is -0.338 e. The van der Waals surface area contributed by atoms with Crippen LogP contribution in [0.4, 0.5) is 0 Å². The first kappa shape index (κ1) is 21.8. The minimum absolute atomic E-state index is 0.209. The van der Waals surface area contributed by atoms with Gasteiger partial charge in [-0.15, -0.1) is 0 Å². The van der Waals surface area contributed by atoms with Gasteiger partial charge in [0, 0.05) is 0 Å². The summed E-state index contributed by atoms with van der Waals surface area (Å²) >= 11 is 6.86. The van der Waals surface area contributed by atoms with Crippen LogP contribution in [0, 0.1) is 0 Å². The summed E-state index contributed by atoms with van der Waals surface area (Å²) < 4.78 is 2.28. The smallest absolute Gasteiger partial charge is 0.239 e. The Hall–Kier alpha value is 1.54. The summed E-state index contributed by atoms with van der Waals surface area (Å²) in [6.45, 7) is 9.61. The molecule has 2 nitrogen and oxygen atoms in total. The molecule has 6 heteroatoms. The number of rotatable bonds is 8. The molecule has 0 rings (SSSR count). The second-order valence-electron chi connectivity index (χ2n) is 5.24. The topological polar surface area (TPSA) is 40.5 Å². The Morgan fingerprint density at radius 1 is 1.06 bits per heavy atom. The first-order chi connectivity index (χ1) is 8.20. The van der Waals surface area contributed by atoms with E-state index >= 15 is 0 Å². The Morgan fingerprint density at radius 3 is 1.56 bits per heavy atom. The maximum absolute atomic E-state index is 7.87.